The first-order valence-corrected chi connectivity index (χ1v) is 8.78. The van der Waals surface area contributed by atoms with Crippen LogP contribution in [0.4, 0.5) is 16.0 Å². The van der Waals surface area contributed by atoms with Crippen molar-refractivity contribution in [2.24, 2.45) is 11.8 Å². The third-order valence-electron chi connectivity index (χ3n) is 5.41. The Kier molecular flexibility index (Phi) is 3.41. The van der Waals surface area contributed by atoms with Gasteiger partial charge in [0.25, 0.3) is 5.56 Å². The fourth-order valence-corrected chi connectivity index (χ4v) is 4.17. The largest absolute Gasteiger partial charge is 0.356 e. The van der Waals surface area contributed by atoms with E-state index in [1.165, 1.54) is 6.07 Å². The highest BCUT2D eigenvalue weighted by Crippen LogP contribution is 2.35. The molecule has 5 heterocycles. The normalized spacial score (nSPS) is 22.2. The first-order valence-electron chi connectivity index (χ1n) is 8.78. The van der Waals surface area contributed by atoms with Gasteiger partial charge < -0.3 is 9.80 Å². The average molecular weight is 351 g/mol. The van der Waals surface area contributed by atoms with E-state index in [-0.39, 0.29) is 11.4 Å². The van der Waals surface area contributed by atoms with Gasteiger partial charge in [-0.3, -0.25) is 9.20 Å². The van der Waals surface area contributed by atoms with Crippen LogP contribution in [0.5, 0.6) is 0 Å². The van der Waals surface area contributed by atoms with Crippen LogP contribution in [0, 0.1) is 17.7 Å². The van der Waals surface area contributed by atoms with Crippen molar-refractivity contribution in [2.75, 3.05) is 36.0 Å². The van der Waals surface area contributed by atoms with Crippen molar-refractivity contribution < 1.29 is 4.39 Å². The minimum absolute atomic E-state index is 0.0696. The maximum absolute atomic E-state index is 14.0. The number of anilines is 2. The lowest BCUT2D eigenvalue weighted by Crippen LogP contribution is -2.31. The van der Waals surface area contributed by atoms with E-state index >= 15 is 0 Å². The molecule has 0 N–H and O–H groups in total. The molecule has 0 aliphatic carbocycles. The van der Waals surface area contributed by atoms with Gasteiger partial charge in [-0.25, -0.2) is 14.4 Å². The van der Waals surface area contributed by atoms with Gasteiger partial charge in [-0.15, -0.1) is 0 Å². The Morgan fingerprint density at radius 2 is 1.77 bits per heavy atom. The van der Waals surface area contributed by atoms with Gasteiger partial charge in [0.15, 0.2) is 11.6 Å². The molecule has 0 radical (unpaired) electrons. The Balaban J connectivity index is 1.37. The number of rotatable bonds is 2. The highest BCUT2D eigenvalue weighted by Gasteiger charge is 2.41. The van der Waals surface area contributed by atoms with E-state index in [2.05, 4.69) is 14.9 Å². The number of pyridine rings is 2. The predicted molar refractivity (Wildman–Crippen MR) is 97.1 cm³/mol. The Morgan fingerprint density at radius 3 is 2.54 bits per heavy atom. The van der Waals surface area contributed by atoms with Gasteiger partial charge in [0.05, 0.1) is 0 Å². The highest BCUT2D eigenvalue weighted by molar-refractivity contribution is 5.50. The molecule has 0 bridgehead atoms. The van der Waals surface area contributed by atoms with Crippen molar-refractivity contribution in [1.82, 2.24) is 14.4 Å². The van der Waals surface area contributed by atoms with Crippen LogP contribution < -0.4 is 15.4 Å². The number of hydrogen-bond acceptors (Lipinski definition) is 5. The molecule has 2 aliphatic heterocycles. The summed E-state index contributed by atoms with van der Waals surface area (Å²) in [6, 6.07) is 10.2. The summed E-state index contributed by atoms with van der Waals surface area (Å²) in [5, 5.41) is 0. The molecule has 7 heteroatoms. The highest BCUT2D eigenvalue weighted by atomic mass is 19.1. The molecule has 26 heavy (non-hydrogen) atoms. The summed E-state index contributed by atoms with van der Waals surface area (Å²) in [6.45, 7) is 3.21. The molecule has 3 aromatic rings. The number of hydrogen-bond donors (Lipinski definition) is 0. The third kappa shape index (κ3) is 2.42. The van der Waals surface area contributed by atoms with Gasteiger partial charge in [0.2, 0.25) is 0 Å². The van der Waals surface area contributed by atoms with E-state index in [4.69, 9.17) is 0 Å². The summed E-state index contributed by atoms with van der Waals surface area (Å²) in [6.07, 6.45) is 3.36. The Morgan fingerprint density at radius 1 is 1.00 bits per heavy atom. The second kappa shape index (κ2) is 5.79. The zero-order valence-corrected chi connectivity index (χ0v) is 14.1. The van der Waals surface area contributed by atoms with E-state index in [9.17, 15) is 9.18 Å². The van der Waals surface area contributed by atoms with Crippen LogP contribution in [0.1, 0.15) is 0 Å². The van der Waals surface area contributed by atoms with E-state index < -0.39 is 0 Å². The van der Waals surface area contributed by atoms with Gasteiger partial charge in [-0.05, 0) is 24.3 Å². The van der Waals surface area contributed by atoms with Crippen LogP contribution in [0.3, 0.4) is 0 Å². The molecule has 2 atom stereocenters. The molecule has 6 nitrogen and oxygen atoms in total. The van der Waals surface area contributed by atoms with Gasteiger partial charge in [-0.2, -0.15) is 0 Å². The number of aromatic nitrogens is 3. The molecule has 2 fully saturated rings. The number of nitrogens with zero attached hydrogens (tertiary/aromatic N) is 5. The Labute approximate surface area is 149 Å². The smallest absolute Gasteiger partial charge is 0.259 e. The first kappa shape index (κ1) is 15.3. The maximum atomic E-state index is 14.0. The Bertz CT molecular complexity index is 1020. The SMILES string of the molecule is O=c1cc(N2CC3CN(c4ncccc4F)CC3C2)nc2ccccn12. The molecular formula is C19H18FN5O. The van der Waals surface area contributed by atoms with Gasteiger partial charge >= 0.3 is 0 Å². The summed E-state index contributed by atoms with van der Waals surface area (Å²) in [5.74, 6) is 1.75. The standard InChI is InChI=1S/C19H18FN5O/c20-15-4-3-6-21-19(15)24-11-13-9-23(10-14(13)12-24)17-8-18(26)25-7-2-1-5-16(25)22-17/h1-8,13-14H,9-12H2. The van der Waals surface area contributed by atoms with Crippen LogP contribution in [0.25, 0.3) is 5.65 Å². The Hall–Kier alpha value is -2.96. The molecule has 2 saturated heterocycles. The van der Waals surface area contributed by atoms with Crippen molar-refractivity contribution in [3.8, 4) is 0 Å². The number of fused-ring (bicyclic) bond motifs is 2. The molecule has 0 spiro atoms. The van der Waals surface area contributed by atoms with Crippen LogP contribution in [0.2, 0.25) is 0 Å². The quantitative estimate of drug-likeness (QED) is 0.705. The summed E-state index contributed by atoms with van der Waals surface area (Å²) in [4.78, 5) is 25.4. The fraction of sp³-hybridized carbons (Fsp3) is 0.316. The monoisotopic (exact) mass is 351 g/mol. The second-order valence-corrected chi connectivity index (χ2v) is 7.02. The summed E-state index contributed by atoms with van der Waals surface area (Å²) < 4.78 is 15.5. The third-order valence-corrected chi connectivity index (χ3v) is 5.41. The summed E-state index contributed by atoms with van der Waals surface area (Å²) >= 11 is 0. The molecule has 0 aromatic carbocycles. The molecule has 0 amide bonds. The van der Waals surface area contributed by atoms with Gasteiger partial charge in [-0.1, -0.05) is 6.07 Å². The van der Waals surface area contributed by atoms with Crippen molar-refractivity contribution >= 4 is 17.3 Å². The molecule has 2 unspecified atom stereocenters. The molecular weight excluding hydrogens is 333 g/mol. The average Bonchev–Trinajstić information content (AvgIpc) is 3.21. The molecule has 3 aromatic heterocycles. The van der Waals surface area contributed by atoms with Crippen molar-refractivity contribution in [2.45, 2.75) is 0 Å². The van der Waals surface area contributed by atoms with Crippen LogP contribution in [0.15, 0.2) is 53.6 Å². The summed E-state index contributed by atoms with van der Waals surface area (Å²) in [7, 11) is 0. The minimum atomic E-state index is -0.270. The van der Waals surface area contributed by atoms with Crippen LogP contribution >= 0.6 is 0 Å². The zero-order valence-electron chi connectivity index (χ0n) is 14.1. The lowest BCUT2D eigenvalue weighted by Gasteiger charge is -2.23. The second-order valence-electron chi connectivity index (χ2n) is 7.02. The van der Waals surface area contributed by atoms with Gasteiger partial charge in [0, 0.05) is 56.5 Å². The maximum Gasteiger partial charge on any atom is 0.259 e. The minimum Gasteiger partial charge on any atom is -0.356 e. The molecule has 132 valence electrons. The van der Waals surface area contributed by atoms with E-state index in [1.54, 1.807) is 28.9 Å². The van der Waals surface area contributed by atoms with Crippen molar-refractivity contribution in [3.63, 3.8) is 0 Å². The van der Waals surface area contributed by atoms with E-state index in [1.807, 2.05) is 23.1 Å². The van der Waals surface area contributed by atoms with Crippen LogP contribution in [-0.4, -0.2) is 40.5 Å². The van der Waals surface area contributed by atoms with Gasteiger partial charge in [0.1, 0.15) is 11.5 Å². The molecule has 5 rings (SSSR count). The topological polar surface area (TPSA) is 53.7 Å². The predicted octanol–water partition coefficient (Wildman–Crippen LogP) is 1.80. The first-order chi connectivity index (χ1) is 12.7. The summed E-state index contributed by atoms with van der Waals surface area (Å²) in [5.41, 5.74) is 0.587. The van der Waals surface area contributed by atoms with E-state index in [0.717, 1.165) is 32.0 Å². The van der Waals surface area contributed by atoms with Crippen LogP contribution in [-0.2, 0) is 0 Å². The fourth-order valence-electron chi connectivity index (χ4n) is 4.17. The zero-order chi connectivity index (χ0) is 17.7. The molecule has 2 aliphatic rings. The lowest BCUT2D eigenvalue weighted by molar-refractivity contribution is 0.533. The number of halogens is 1. The van der Waals surface area contributed by atoms with E-state index in [0.29, 0.717) is 23.3 Å². The molecule has 0 saturated carbocycles. The van der Waals surface area contributed by atoms with Crippen molar-refractivity contribution in [3.05, 3.63) is 65.0 Å². The van der Waals surface area contributed by atoms with Crippen molar-refractivity contribution in [1.29, 1.82) is 0 Å². The lowest BCUT2D eigenvalue weighted by atomic mass is 10.0.